The van der Waals surface area contributed by atoms with Crippen molar-refractivity contribution in [3.63, 3.8) is 0 Å². The summed E-state index contributed by atoms with van der Waals surface area (Å²) >= 11 is 0. The molecule has 1 saturated carbocycles. The van der Waals surface area contributed by atoms with Crippen LogP contribution in [0.1, 0.15) is 26.2 Å². The summed E-state index contributed by atoms with van der Waals surface area (Å²) in [6.07, 6.45) is 6.64. The Hall–Kier alpha value is -0.790. The van der Waals surface area contributed by atoms with E-state index in [-0.39, 0.29) is 5.91 Å². The molecule has 0 aromatic heterocycles. The second kappa shape index (κ2) is 3.40. The highest BCUT2D eigenvalue weighted by Crippen LogP contribution is 2.18. The molecule has 0 saturated heterocycles. The number of carbonyl (C=O) groups excluding carboxylic acids is 1. The average molecular weight is 139 g/mol. The van der Waals surface area contributed by atoms with Crippen LogP contribution in [0.4, 0.5) is 0 Å². The molecule has 10 heavy (non-hydrogen) atoms. The van der Waals surface area contributed by atoms with E-state index in [0.29, 0.717) is 12.5 Å². The molecule has 0 aromatic carbocycles. The van der Waals surface area contributed by atoms with E-state index < -0.39 is 0 Å². The maximum Gasteiger partial charge on any atom is 0.224 e. The lowest BCUT2D eigenvalue weighted by molar-refractivity contribution is -0.120. The first-order valence-corrected chi connectivity index (χ1v) is 3.73. The quantitative estimate of drug-likeness (QED) is 0.585. The molecule has 0 bridgehead atoms. The molecule has 0 spiro atoms. The van der Waals surface area contributed by atoms with Crippen LogP contribution in [0.2, 0.25) is 0 Å². The van der Waals surface area contributed by atoms with Crippen molar-refractivity contribution in [2.24, 2.45) is 0 Å². The van der Waals surface area contributed by atoms with E-state index in [2.05, 4.69) is 5.32 Å². The summed E-state index contributed by atoms with van der Waals surface area (Å²) in [7, 11) is 0. The van der Waals surface area contributed by atoms with Crippen LogP contribution in [0.25, 0.3) is 0 Å². The van der Waals surface area contributed by atoms with Gasteiger partial charge in [0.1, 0.15) is 0 Å². The van der Waals surface area contributed by atoms with Crippen molar-refractivity contribution in [2.45, 2.75) is 32.2 Å². The molecule has 1 amide bonds. The van der Waals surface area contributed by atoms with Gasteiger partial charge in [0.25, 0.3) is 0 Å². The molecule has 2 nitrogen and oxygen atoms in total. The molecular weight excluding hydrogens is 126 g/mol. The molecule has 0 aromatic rings. The summed E-state index contributed by atoms with van der Waals surface area (Å²) < 4.78 is 0. The van der Waals surface area contributed by atoms with Crippen LogP contribution in [0.3, 0.4) is 0 Å². The van der Waals surface area contributed by atoms with E-state index in [0.717, 1.165) is 0 Å². The number of carbonyl (C=O) groups is 1. The van der Waals surface area contributed by atoms with Crippen LogP contribution in [0.5, 0.6) is 0 Å². The van der Waals surface area contributed by atoms with Gasteiger partial charge >= 0.3 is 0 Å². The van der Waals surface area contributed by atoms with Gasteiger partial charge in [0.05, 0.1) is 0 Å². The molecular formula is C8H13NO. The highest BCUT2D eigenvalue weighted by molar-refractivity contribution is 5.77. The third kappa shape index (κ3) is 2.67. The molecule has 1 fully saturated rings. The fourth-order valence-electron chi connectivity index (χ4n) is 0.739. The van der Waals surface area contributed by atoms with Crippen molar-refractivity contribution >= 4 is 5.91 Å². The Balaban J connectivity index is 2.08. The third-order valence-corrected chi connectivity index (χ3v) is 1.48. The summed E-state index contributed by atoms with van der Waals surface area (Å²) in [5, 5.41) is 2.90. The molecule has 0 aliphatic heterocycles. The minimum Gasteiger partial charge on any atom is -0.353 e. The lowest BCUT2D eigenvalue weighted by atomic mass is 10.3. The zero-order valence-electron chi connectivity index (χ0n) is 6.26. The van der Waals surface area contributed by atoms with Gasteiger partial charge in [0.15, 0.2) is 0 Å². The zero-order valence-corrected chi connectivity index (χ0v) is 6.26. The number of nitrogens with one attached hydrogen (secondary N) is 1. The molecule has 2 heteroatoms. The largest absolute Gasteiger partial charge is 0.353 e. The molecule has 0 unspecified atom stereocenters. The van der Waals surface area contributed by atoms with Crippen molar-refractivity contribution < 1.29 is 4.79 Å². The van der Waals surface area contributed by atoms with Gasteiger partial charge in [-0.15, -0.1) is 0 Å². The van der Waals surface area contributed by atoms with Crippen LogP contribution in [-0.4, -0.2) is 11.9 Å². The Morgan fingerprint density at radius 2 is 2.40 bits per heavy atom. The van der Waals surface area contributed by atoms with Crippen molar-refractivity contribution in [1.29, 1.82) is 0 Å². The first-order chi connectivity index (χ1) is 4.83. The maximum atomic E-state index is 10.9. The monoisotopic (exact) mass is 139 g/mol. The van der Waals surface area contributed by atoms with Crippen molar-refractivity contribution in [2.75, 3.05) is 0 Å². The van der Waals surface area contributed by atoms with Gasteiger partial charge in [0.2, 0.25) is 5.91 Å². The number of rotatable bonds is 3. The first kappa shape index (κ1) is 7.32. The predicted molar refractivity (Wildman–Crippen MR) is 40.6 cm³/mol. The topological polar surface area (TPSA) is 29.1 Å². The molecule has 56 valence electrons. The summed E-state index contributed by atoms with van der Waals surface area (Å²) in [6.45, 7) is 1.92. The van der Waals surface area contributed by atoms with E-state index in [9.17, 15) is 4.79 Å². The standard InChI is InChI=1S/C8H13NO/c1-2-3-4-8(10)9-7-5-6-7/h2-3,7H,4-6H2,1H3,(H,9,10)/b3-2+. The summed E-state index contributed by atoms with van der Waals surface area (Å²) in [5.41, 5.74) is 0. The van der Waals surface area contributed by atoms with E-state index in [1.807, 2.05) is 19.1 Å². The molecule has 1 rings (SSSR count). The van der Waals surface area contributed by atoms with Crippen LogP contribution < -0.4 is 5.32 Å². The molecule has 1 N–H and O–H groups in total. The molecule has 0 atom stereocenters. The maximum absolute atomic E-state index is 10.9. The van der Waals surface area contributed by atoms with Crippen LogP contribution in [0.15, 0.2) is 12.2 Å². The van der Waals surface area contributed by atoms with E-state index in [1.54, 1.807) is 0 Å². The zero-order chi connectivity index (χ0) is 7.40. The lowest BCUT2D eigenvalue weighted by Gasteiger charge is -1.97. The number of hydrogen-bond donors (Lipinski definition) is 1. The Morgan fingerprint density at radius 1 is 1.70 bits per heavy atom. The van der Waals surface area contributed by atoms with Gasteiger partial charge in [-0.3, -0.25) is 4.79 Å². The van der Waals surface area contributed by atoms with Crippen molar-refractivity contribution in [1.82, 2.24) is 5.32 Å². The molecule has 0 radical (unpaired) electrons. The highest BCUT2D eigenvalue weighted by atomic mass is 16.1. The van der Waals surface area contributed by atoms with Gasteiger partial charge in [-0.05, 0) is 19.8 Å². The second-order valence-electron chi connectivity index (χ2n) is 2.61. The SMILES string of the molecule is C/C=C/CC(=O)NC1CC1. The molecule has 0 heterocycles. The molecule has 1 aliphatic carbocycles. The summed E-state index contributed by atoms with van der Waals surface area (Å²) in [5.74, 6) is 0.153. The Kier molecular flexibility index (Phi) is 2.49. The van der Waals surface area contributed by atoms with E-state index in [4.69, 9.17) is 0 Å². The number of amides is 1. The van der Waals surface area contributed by atoms with Crippen molar-refractivity contribution in [3.8, 4) is 0 Å². The Labute approximate surface area is 61.3 Å². The van der Waals surface area contributed by atoms with Gasteiger partial charge in [0, 0.05) is 12.5 Å². The van der Waals surface area contributed by atoms with Gasteiger partial charge in [-0.25, -0.2) is 0 Å². The minimum absolute atomic E-state index is 0.153. The molecule has 1 aliphatic rings. The van der Waals surface area contributed by atoms with Crippen LogP contribution >= 0.6 is 0 Å². The lowest BCUT2D eigenvalue weighted by Crippen LogP contribution is -2.24. The summed E-state index contributed by atoms with van der Waals surface area (Å²) in [4.78, 5) is 10.9. The summed E-state index contributed by atoms with van der Waals surface area (Å²) in [6, 6.07) is 0.498. The number of hydrogen-bond acceptors (Lipinski definition) is 1. The third-order valence-electron chi connectivity index (χ3n) is 1.48. The fraction of sp³-hybridized carbons (Fsp3) is 0.625. The number of allylic oxidation sites excluding steroid dienone is 1. The van der Waals surface area contributed by atoms with Crippen LogP contribution in [0, 0.1) is 0 Å². The van der Waals surface area contributed by atoms with E-state index in [1.165, 1.54) is 12.8 Å². The van der Waals surface area contributed by atoms with Gasteiger partial charge in [-0.1, -0.05) is 12.2 Å². The first-order valence-electron chi connectivity index (χ1n) is 3.73. The predicted octanol–water partition coefficient (Wildman–Crippen LogP) is 1.23. The van der Waals surface area contributed by atoms with Gasteiger partial charge < -0.3 is 5.32 Å². The Morgan fingerprint density at radius 3 is 2.90 bits per heavy atom. The van der Waals surface area contributed by atoms with Crippen LogP contribution in [-0.2, 0) is 4.79 Å². The van der Waals surface area contributed by atoms with E-state index >= 15 is 0 Å². The highest BCUT2D eigenvalue weighted by Gasteiger charge is 2.22. The van der Waals surface area contributed by atoms with Crippen molar-refractivity contribution in [3.05, 3.63) is 12.2 Å². The fourth-order valence-corrected chi connectivity index (χ4v) is 0.739. The normalized spacial score (nSPS) is 17.7. The van der Waals surface area contributed by atoms with Gasteiger partial charge in [-0.2, -0.15) is 0 Å². The second-order valence-corrected chi connectivity index (χ2v) is 2.61. The average Bonchev–Trinajstić information content (AvgIpc) is 2.67. The smallest absolute Gasteiger partial charge is 0.224 e. The minimum atomic E-state index is 0.153. The Bertz CT molecular complexity index is 147.